The zero-order chi connectivity index (χ0) is 21.1. The number of carboxylic acids is 1. The topological polar surface area (TPSA) is 101 Å². The van der Waals surface area contributed by atoms with Crippen LogP contribution in [0, 0.1) is 13.8 Å². The minimum absolute atomic E-state index is 0.264. The predicted molar refractivity (Wildman–Crippen MR) is 110 cm³/mol. The highest BCUT2D eigenvalue weighted by atomic mass is 16.5. The average Bonchev–Trinajstić information content (AvgIpc) is 3.14. The molecule has 1 aromatic heterocycles. The van der Waals surface area contributed by atoms with Crippen molar-refractivity contribution in [3.8, 4) is 11.5 Å². The largest absolute Gasteiger partial charge is 0.493 e. The van der Waals surface area contributed by atoms with Gasteiger partial charge in [-0.2, -0.15) is 0 Å². The summed E-state index contributed by atoms with van der Waals surface area (Å²) in [6, 6.07) is 10.1. The number of ether oxygens (including phenoxy) is 2. The molecule has 0 aliphatic carbocycles. The Bertz CT molecular complexity index is 1070. The summed E-state index contributed by atoms with van der Waals surface area (Å²) in [5.74, 6) is -0.406. The Hall–Kier alpha value is -3.48. The number of carboxylic acid groups (broad SMARTS) is 1. The molecule has 7 nitrogen and oxygen atoms in total. The molecule has 7 heteroatoms. The first-order valence-corrected chi connectivity index (χ1v) is 9.17. The molecule has 3 aromatic rings. The van der Waals surface area contributed by atoms with Gasteiger partial charge in [0, 0.05) is 10.9 Å². The van der Waals surface area contributed by atoms with Crippen LogP contribution < -0.4 is 14.8 Å². The molecule has 0 saturated heterocycles. The van der Waals surface area contributed by atoms with Crippen LogP contribution in [0.4, 0.5) is 0 Å². The molecule has 29 heavy (non-hydrogen) atoms. The van der Waals surface area contributed by atoms with E-state index in [2.05, 4.69) is 10.3 Å². The van der Waals surface area contributed by atoms with Crippen LogP contribution in [-0.2, 0) is 4.79 Å². The van der Waals surface area contributed by atoms with Gasteiger partial charge in [0.15, 0.2) is 11.5 Å². The van der Waals surface area contributed by atoms with Gasteiger partial charge in [0.25, 0.3) is 5.91 Å². The van der Waals surface area contributed by atoms with Gasteiger partial charge >= 0.3 is 5.97 Å². The van der Waals surface area contributed by atoms with E-state index in [1.165, 1.54) is 14.2 Å². The van der Waals surface area contributed by atoms with Gasteiger partial charge in [0.1, 0.15) is 5.69 Å². The molecule has 0 aliphatic heterocycles. The number of aromatic nitrogens is 1. The SMILES string of the molecule is COc1ccc(C(CC(=O)O)NC(=O)c2cc3c(C)c(C)ccc3[nH]2)cc1OC. The normalized spacial score (nSPS) is 11.9. The van der Waals surface area contributed by atoms with Crippen molar-refractivity contribution >= 4 is 22.8 Å². The molecule has 0 fully saturated rings. The lowest BCUT2D eigenvalue weighted by Crippen LogP contribution is -2.30. The second-order valence-corrected chi connectivity index (χ2v) is 6.89. The molecule has 1 unspecified atom stereocenters. The van der Waals surface area contributed by atoms with E-state index in [-0.39, 0.29) is 12.3 Å². The number of aryl methyl sites for hydroxylation is 2. The molecule has 2 aromatic carbocycles. The van der Waals surface area contributed by atoms with Gasteiger partial charge in [0.2, 0.25) is 0 Å². The lowest BCUT2D eigenvalue weighted by Gasteiger charge is -2.18. The molecule has 0 saturated carbocycles. The van der Waals surface area contributed by atoms with E-state index in [1.54, 1.807) is 24.3 Å². The number of fused-ring (bicyclic) bond motifs is 1. The van der Waals surface area contributed by atoms with Crippen LogP contribution in [0.3, 0.4) is 0 Å². The summed E-state index contributed by atoms with van der Waals surface area (Å²) in [4.78, 5) is 27.4. The molecule has 0 spiro atoms. The number of carbonyl (C=O) groups excluding carboxylic acids is 1. The van der Waals surface area contributed by atoms with Crippen LogP contribution in [0.5, 0.6) is 11.5 Å². The molecule has 0 bridgehead atoms. The Balaban J connectivity index is 1.92. The van der Waals surface area contributed by atoms with E-state index in [1.807, 2.05) is 26.0 Å². The third-order valence-electron chi connectivity index (χ3n) is 5.08. The zero-order valence-electron chi connectivity index (χ0n) is 16.8. The standard InChI is InChI=1S/C22H24N2O5/c1-12-5-7-16-15(13(12)2)10-18(23-16)22(27)24-17(11-21(25)26)14-6-8-19(28-3)20(9-14)29-4/h5-10,17,23H,11H2,1-4H3,(H,24,27)(H,25,26). The maximum absolute atomic E-state index is 12.9. The third kappa shape index (κ3) is 4.18. The van der Waals surface area contributed by atoms with Gasteiger partial charge in [-0.1, -0.05) is 12.1 Å². The van der Waals surface area contributed by atoms with Crippen LogP contribution in [0.15, 0.2) is 36.4 Å². The molecule has 3 rings (SSSR count). The quantitative estimate of drug-likeness (QED) is 0.565. The Morgan fingerprint density at radius 2 is 1.79 bits per heavy atom. The smallest absolute Gasteiger partial charge is 0.305 e. The highest BCUT2D eigenvalue weighted by molar-refractivity contribution is 5.99. The van der Waals surface area contributed by atoms with Gasteiger partial charge in [-0.25, -0.2) is 0 Å². The molecule has 0 radical (unpaired) electrons. The van der Waals surface area contributed by atoms with Crippen molar-refractivity contribution in [2.45, 2.75) is 26.3 Å². The lowest BCUT2D eigenvalue weighted by molar-refractivity contribution is -0.137. The molecular formula is C22H24N2O5. The number of carbonyl (C=O) groups is 2. The van der Waals surface area contributed by atoms with Crippen LogP contribution in [0.1, 0.15) is 39.6 Å². The Morgan fingerprint density at radius 3 is 2.45 bits per heavy atom. The monoisotopic (exact) mass is 396 g/mol. The first-order chi connectivity index (χ1) is 13.8. The van der Waals surface area contributed by atoms with E-state index in [9.17, 15) is 14.7 Å². The number of H-pyrrole nitrogens is 1. The van der Waals surface area contributed by atoms with Gasteiger partial charge in [-0.05, 0) is 54.8 Å². The number of aliphatic carboxylic acids is 1. The summed E-state index contributed by atoms with van der Waals surface area (Å²) in [6.07, 6.45) is -0.264. The van der Waals surface area contributed by atoms with Crippen LogP contribution in [0.2, 0.25) is 0 Å². The fourth-order valence-corrected chi connectivity index (χ4v) is 3.31. The van der Waals surface area contributed by atoms with E-state index in [0.29, 0.717) is 22.8 Å². The van der Waals surface area contributed by atoms with Crippen LogP contribution in [-0.4, -0.2) is 36.2 Å². The number of nitrogens with one attached hydrogen (secondary N) is 2. The fraction of sp³-hybridized carbons (Fsp3) is 0.273. The second-order valence-electron chi connectivity index (χ2n) is 6.89. The molecule has 152 valence electrons. The molecule has 0 aliphatic rings. The van der Waals surface area contributed by atoms with Crippen molar-refractivity contribution in [2.75, 3.05) is 14.2 Å². The summed E-state index contributed by atoms with van der Waals surface area (Å²) in [5.41, 5.74) is 4.09. The molecule has 1 atom stereocenters. The minimum atomic E-state index is -1.02. The third-order valence-corrected chi connectivity index (χ3v) is 5.08. The Morgan fingerprint density at radius 1 is 1.07 bits per heavy atom. The van der Waals surface area contributed by atoms with Gasteiger partial charge in [-0.15, -0.1) is 0 Å². The van der Waals surface area contributed by atoms with E-state index in [0.717, 1.165) is 22.0 Å². The van der Waals surface area contributed by atoms with Crippen molar-refractivity contribution in [1.29, 1.82) is 0 Å². The van der Waals surface area contributed by atoms with Crippen molar-refractivity contribution in [2.24, 2.45) is 0 Å². The fourth-order valence-electron chi connectivity index (χ4n) is 3.31. The maximum atomic E-state index is 12.9. The number of rotatable bonds is 7. The Kier molecular flexibility index (Phi) is 5.77. The maximum Gasteiger partial charge on any atom is 0.305 e. The first-order valence-electron chi connectivity index (χ1n) is 9.17. The Labute approximate surface area is 168 Å². The summed E-state index contributed by atoms with van der Waals surface area (Å²) in [5, 5.41) is 13.1. The van der Waals surface area contributed by atoms with Crippen molar-refractivity contribution in [3.63, 3.8) is 0 Å². The highest BCUT2D eigenvalue weighted by Gasteiger charge is 2.22. The number of benzene rings is 2. The number of hydrogen-bond acceptors (Lipinski definition) is 4. The van der Waals surface area contributed by atoms with Crippen LogP contribution in [0.25, 0.3) is 10.9 Å². The summed E-state index contributed by atoms with van der Waals surface area (Å²) < 4.78 is 10.5. The zero-order valence-corrected chi connectivity index (χ0v) is 16.8. The number of hydrogen-bond donors (Lipinski definition) is 3. The highest BCUT2D eigenvalue weighted by Crippen LogP contribution is 2.31. The lowest BCUT2D eigenvalue weighted by atomic mass is 10.0. The average molecular weight is 396 g/mol. The van der Waals surface area contributed by atoms with Gasteiger partial charge in [0.05, 0.1) is 26.7 Å². The summed E-state index contributed by atoms with van der Waals surface area (Å²) in [7, 11) is 3.02. The molecule has 1 amide bonds. The predicted octanol–water partition coefficient (Wildman–Crippen LogP) is 3.75. The van der Waals surface area contributed by atoms with Crippen molar-refractivity contribution < 1.29 is 24.2 Å². The van der Waals surface area contributed by atoms with E-state index in [4.69, 9.17) is 9.47 Å². The van der Waals surface area contributed by atoms with Gasteiger partial charge in [-0.3, -0.25) is 9.59 Å². The van der Waals surface area contributed by atoms with Crippen molar-refractivity contribution in [3.05, 3.63) is 58.8 Å². The summed E-state index contributed by atoms with van der Waals surface area (Å²) >= 11 is 0. The number of amides is 1. The van der Waals surface area contributed by atoms with E-state index >= 15 is 0 Å². The van der Waals surface area contributed by atoms with Gasteiger partial charge < -0.3 is 24.9 Å². The summed E-state index contributed by atoms with van der Waals surface area (Å²) in [6.45, 7) is 4.02. The first kappa shape index (κ1) is 20.3. The van der Waals surface area contributed by atoms with Crippen LogP contribution >= 0.6 is 0 Å². The number of aromatic amines is 1. The molecule has 1 heterocycles. The van der Waals surface area contributed by atoms with Crippen molar-refractivity contribution in [1.82, 2.24) is 10.3 Å². The minimum Gasteiger partial charge on any atom is -0.493 e. The van der Waals surface area contributed by atoms with E-state index < -0.39 is 12.0 Å². The molecular weight excluding hydrogens is 372 g/mol. The second kappa shape index (κ2) is 8.26. The number of methoxy groups -OCH3 is 2. The molecule has 3 N–H and O–H groups in total.